The summed E-state index contributed by atoms with van der Waals surface area (Å²) in [5.41, 5.74) is 1.58. The highest BCUT2D eigenvalue weighted by Crippen LogP contribution is 2.47. The van der Waals surface area contributed by atoms with Crippen LogP contribution >= 0.6 is 23.2 Å². The molecule has 1 heterocycles. The number of rotatable bonds is 9. The van der Waals surface area contributed by atoms with Crippen LogP contribution in [0.4, 0.5) is 13.2 Å². The lowest BCUT2D eigenvalue weighted by molar-refractivity contribution is -0.152. The van der Waals surface area contributed by atoms with Gasteiger partial charge in [-0.1, -0.05) is 54.4 Å². The maximum Gasteiger partial charge on any atom is 0.401 e. The molecule has 2 N–H and O–H groups in total. The van der Waals surface area contributed by atoms with Crippen LogP contribution in [0, 0.1) is 5.92 Å². The van der Waals surface area contributed by atoms with Gasteiger partial charge in [-0.15, -0.1) is 0 Å². The Morgan fingerprint density at radius 1 is 1.14 bits per heavy atom. The standard InChI is InChI=1S/C25H27Cl2F3N2O3/c1-2-20(13-31-14-25(28,29)30)32-23(15-6-8-18(26)9-7-15)21(16-4-3-5-19(27)10-16)11-17(24(32)35)12-22(33)34/h3-10,17,20-21,23,31H,2,11-14H2,1H3,(H,33,34)/t17-,20?,21-,23-/m1/s1. The second-order valence-electron chi connectivity index (χ2n) is 8.74. The van der Waals surface area contributed by atoms with E-state index in [2.05, 4.69) is 5.32 Å². The number of piperidine rings is 1. The van der Waals surface area contributed by atoms with E-state index in [0.29, 0.717) is 16.5 Å². The predicted octanol–water partition coefficient (Wildman–Crippen LogP) is 6.07. The number of carbonyl (C=O) groups excluding carboxylic acids is 1. The summed E-state index contributed by atoms with van der Waals surface area (Å²) >= 11 is 12.3. The molecule has 0 aromatic heterocycles. The third kappa shape index (κ3) is 7.12. The largest absolute Gasteiger partial charge is 0.481 e. The lowest BCUT2D eigenvalue weighted by Gasteiger charge is -2.48. The smallest absolute Gasteiger partial charge is 0.401 e. The van der Waals surface area contributed by atoms with E-state index < -0.39 is 36.7 Å². The first-order valence-electron chi connectivity index (χ1n) is 11.3. The van der Waals surface area contributed by atoms with Gasteiger partial charge >= 0.3 is 12.1 Å². The number of hydrogen-bond donors (Lipinski definition) is 2. The Kier molecular flexibility index (Phi) is 9.07. The Morgan fingerprint density at radius 3 is 2.40 bits per heavy atom. The van der Waals surface area contributed by atoms with Gasteiger partial charge in [-0.2, -0.15) is 13.2 Å². The van der Waals surface area contributed by atoms with Crippen molar-refractivity contribution < 1.29 is 27.9 Å². The Morgan fingerprint density at radius 2 is 1.83 bits per heavy atom. The van der Waals surface area contributed by atoms with E-state index in [0.717, 1.165) is 11.1 Å². The summed E-state index contributed by atoms with van der Waals surface area (Å²) in [4.78, 5) is 26.8. The minimum absolute atomic E-state index is 0.0894. The van der Waals surface area contributed by atoms with Crippen LogP contribution in [0.2, 0.25) is 10.0 Å². The van der Waals surface area contributed by atoms with Crippen molar-refractivity contribution in [3.63, 3.8) is 0 Å². The first kappa shape index (κ1) is 27.3. The molecule has 4 atom stereocenters. The maximum atomic E-state index is 13.7. The van der Waals surface area contributed by atoms with Gasteiger partial charge in [0.25, 0.3) is 0 Å². The number of halogens is 5. The molecule has 2 aromatic rings. The highest BCUT2D eigenvalue weighted by Gasteiger charge is 2.46. The normalized spacial score (nSPS) is 21.7. The third-order valence-corrected chi connectivity index (χ3v) is 6.79. The summed E-state index contributed by atoms with van der Waals surface area (Å²) in [5, 5.41) is 12.9. The van der Waals surface area contributed by atoms with Gasteiger partial charge < -0.3 is 15.3 Å². The van der Waals surface area contributed by atoms with Crippen LogP contribution in [-0.2, 0) is 9.59 Å². The third-order valence-electron chi connectivity index (χ3n) is 6.30. The van der Waals surface area contributed by atoms with Crippen LogP contribution in [0.15, 0.2) is 48.5 Å². The number of alkyl halides is 3. The quantitative estimate of drug-likeness (QED) is 0.412. The number of carbonyl (C=O) groups is 2. The van der Waals surface area contributed by atoms with Gasteiger partial charge in [0, 0.05) is 34.5 Å². The zero-order valence-corrected chi connectivity index (χ0v) is 20.6. The SMILES string of the molecule is CCC(CNCC(F)(F)F)N1C(=O)[C@@H](CC(=O)O)C[C@H](c2cccc(Cl)c2)[C@H]1c1ccc(Cl)cc1. The van der Waals surface area contributed by atoms with E-state index in [1.165, 1.54) is 0 Å². The van der Waals surface area contributed by atoms with Gasteiger partial charge in [0.1, 0.15) is 0 Å². The van der Waals surface area contributed by atoms with Crippen molar-refractivity contribution >= 4 is 35.1 Å². The van der Waals surface area contributed by atoms with E-state index in [1.807, 2.05) is 6.07 Å². The van der Waals surface area contributed by atoms with E-state index in [1.54, 1.807) is 54.3 Å². The van der Waals surface area contributed by atoms with Crippen LogP contribution in [-0.4, -0.2) is 47.2 Å². The van der Waals surface area contributed by atoms with Crippen molar-refractivity contribution in [3.8, 4) is 0 Å². The fourth-order valence-corrected chi connectivity index (χ4v) is 5.12. The number of amides is 1. The fourth-order valence-electron chi connectivity index (χ4n) is 4.79. The van der Waals surface area contributed by atoms with Crippen molar-refractivity contribution in [1.82, 2.24) is 10.2 Å². The van der Waals surface area contributed by atoms with Crippen LogP contribution in [0.1, 0.15) is 49.3 Å². The molecule has 35 heavy (non-hydrogen) atoms. The molecule has 190 valence electrons. The summed E-state index contributed by atoms with van der Waals surface area (Å²) < 4.78 is 38.4. The van der Waals surface area contributed by atoms with E-state index in [-0.39, 0.29) is 31.2 Å². The summed E-state index contributed by atoms with van der Waals surface area (Å²) in [7, 11) is 0. The average molecular weight is 531 g/mol. The molecule has 0 saturated carbocycles. The summed E-state index contributed by atoms with van der Waals surface area (Å²) in [6.45, 7) is 0.517. The molecule has 0 bridgehead atoms. The second kappa shape index (κ2) is 11.6. The monoisotopic (exact) mass is 530 g/mol. The summed E-state index contributed by atoms with van der Waals surface area (Å²) in [6.07, 6.45) is -4.12. The Bertz CT molecular complexity index is 1030. The molecular weight excluding hydrogens is 504 g/mol. The number of carboxylic acids is 1. The Labute approximate surface area is 212 Å². The lowest BCUT2D eigenvalue weighted by Crippen LogP contribution is -2.55. The maximum absolute atomic E-state index is 13.7. The Hall–Kier alpha value is -2.29. The van der Waals surface area contributed by atoms with Crippen molar-refractivity contribution in [2.75, 3.05) is 13.1 Å². The molecule has 1 aliphatic rings. The molecule has 0 spiro atoms. The fraction of sp³-hybridized carbons (Fsp3) is 0.440. The predicted molar refractivity (Wildman–Crippen MR) is 129 cm³/mol. The van der Waals surface area contributed by atoms with Crippen molar-refractivity contribution in [1.29, 1.82) is 0 Å². The van der Waals surface area contributed by atoms with Gasteiger partial charge in [0.15, 0.2) is 0 Å². The molecule has 5 nitrogen and oxygen atoms in total. The van der Waals surface area contributed by atoms with Crippen LogP contribution in [0.25, 0.3) is 0 Å². The molecular formula is C25H27Cl2F3N2O3. The summed E-state index contributed by atoms with van der Waals surface area (Å²) in [6, 6.07) is 13.0. The van der Waals surface area contributed by atoms with Gasteiger partial charge in [0.2, 0.25) is 5.91 Å². The molecule has 10 heteroatoms. The van der Waals surface area contributed by atoms with E-state index >= 15 is 0 Å². The first-order chi connectivity index (χ1) is 16.5. The molecule has 1 fully saturated rings. The number of hydrogen-bond acceptors (Lipinski definition) is 3. The second-order valence-corrected chi connectivity index (χ2v) is 9.61. The van der Waals surface area contributed by atoms with Crippen molar-refractivity contribution in [2.24, 2.45) is 5.92 Å². The highest BCUT2D eigenvalue weighted by molar-refractivity contribution is 6.30. The van der Waals surface area contributed by atoms with Crippen molar-refractivity contribution in [3.05, 3.63) is 69.7 Å². The topological polar surface area (TPSA) is 69.6 Å². The zero-order valence-electron chi connectivity index (χ0n) is 19.1. The molecule has 1 saturated heterocycles. The van der Waals surface area contributed by atoms with Gasteiger partial charge in [0.05, 0.1) is 19.0 Å². The molecule has 1 aliphatic heterocycles. The van der Waals surface area contributed by atoms with Gasteiger partial charge in [-0.3, -0.25) is 9.59 Å². The number of benzene rings is 2. The number of nitrogens with zero attached hydrogens (tertiary/aromatic N) is 1. The molecule has 3 rings (SSSR count). The molecule has 0 aliphatic carbocycles. The number of carboxylic acid groups (broad SMARTS) is 1. The summed E-state index contributed by atoms with van der Waals surface area (Å²) in [5.74, 6) is -2.64. The lowest BCUT2D eigenvalue weighted by atomic mass is 9.74. The first-order valence-corrected chi connectivity index (χ1v) is 12.1. The van der Waals surface area contributed by atoms with Gasteiger partial charge in [-0.05, 0) is 48.2 Å². The van der Waals surface area contributed by atoms with Gasteiger partial charge in [-0.25, -0.2) is 0 Å². The molecule has 0 radical (unpaired) electrons. The molecule has 2 aromatic carbocycles. The van der Waals surface area contributed by atoms with Crippen LogP contribution in [0.5, 0.6) is 0 Å². The molecule has 1 unspecified atom stereocenters. The van der Waals surface area contributed by atoms with Crippen LogP contribution in [0.3, 0.4) is 0 Å². The average Bonchev–Trinajstić information content (AvgIpc) is 2.78. The zero-order chi connectivity index (χ0) is 25.8. The van der Waals surface area contributed by atoms with E-state index in [4.69, 9.17) is 23.2 Å². The Balaban J connectivity index is 2.09. The van der Waals surface area contributed by atoms with Crippen LogP contribution < -0.4 is 5.32 Å². The minimum atomic E-state index is -4.39. The molecule has 1 amide bonds. The number of nitrogens with one attached hydrogen (secondary N) is 1. The number of aliphatic carboxylic acids is 1. The van der Waals surface area contributed by atoms with Crippen molar-refractivity contribution in [2.45, 2.75) is 50.4 Å². The highest BCUT2D eigenvalue weighted by atomic mass is 35.5. The number of likely N-dealkylation sites (tertiary alicyclic amines) is 1. The minimum Gasteiger partial charge on any atom is -0.481 e. The van der Waals surface area contributed by atoms with E-state index in [9.17, 15) is 27.9 Å².